The quantitative estimate of drug-likeness (QED) is 0.283. The first-order chi connectivity index (χ1) is 19.2. The number of anilines is 2. The molecule has 0 aliphatic carbocycles. The van der Waals surface area contributed by atoms with Gasteiger partial charge in [-0.25, -0.2) is 9.78 Å². The average Bonchev–Trinajstić information content (AvgIpc) is 3.50. The number of aryl methyl sites for hydroxylation is 2. The molecule has 4 rings (SSSR count). The lowest BCUT2D eigenvalue weighted by Crippen LogP contribution is -2.36. The van der Waals surface area contributed by atoms with E-state index in [-0.39, 0.29) is 35.1 Å². The molecule has 2 heterocycles. The lowest BCUT2D eigenvalue weighted by Gasteiger charge is -2.22. The van der Waals surface area contributed by atoms with E-state index in [0.29, 0.717) is 16.9 Å². The number of amides is 3. The molecule has 0 unspecified atom stereocenters. The molecule has 0 spiro atoms. The van der Waals surface area contributed by atoms with E-state index >= 15 is 0 Å². The van der Waals surface area contributed by atoms with Crippen LogP contribution in [0.5, 0.6) is 0 Å². The molecule has 218 valence electrons. The van der Waals surface area contributed by atoms with Crippen LogP contribution >= 0.6 is 11.8 Å². The summed E-state index contributed by atoms with van der Waals surface area (Å²) in [6.45, 7) is 5.81. The summed E-state index contributed by atoms with van der Waals surface area (Å²) in [5, 5.41) is 7.05. The third kappa shape index (κ3) is 7.10. The number of halogens is 5. The van der Waals surface area contributed by atoms with Crippen molar-refractivity contribution >= 4 is 40.2 Å². The first-order valence-corrected chi connectivity index (χ1v) is 13.6. The van der Waals surface area contributed by atoms with E-state index in [1.807, 2.05) is 39.0 Å². The van der Waals surface area contributed by atoms with E-state index in [2.05, 4.69) is 20.4 Å². The van der Waals surface area contributed by atoms with Gasteiger partial charge in [0.25, 0.3) is 0 Å². The molecule has 1 aliphatic heterocycles. The Morgan fingerprint density at radius 2 is 1.83 bits per heavy atom. The van der Waals surface area contributed by atoms with Crippen LogP contribution in [-0.2, 0) is 11.3 Å². The van der Waals surface area contributed by atoms with Crippen LogP contribution in [0.3, 0.4) is 0 Å². The van der Waals surface area contributed by atoms with Crippen LogP contribution in [0.15, 0.2) is 53.8 Å². The van der Waals surface area contributed by atoms with E-state index in [0.717, 1.165) is 11.1 Å². The molecule has 3 aromatic rings. The van der Waals surface area contributed by atoms with Crippen molar-refractivity contribution in [3.8, 4) is 11.4 Å². The number of carbonyl (C=O) groups is 2. The Morgan fingerprint density at radius 3 is 2.49 bits per heavy atom. The van der Waals surface area contributed by atoms with Gasteiger partial charge in [0.1, 0.15) is 6.33 Å². The zero-order valence-electron chi connectivity index (χ0n) is 22.4. The van der Waals surface area contributed by atoms with Crippen molar-refractivity contribution in [1.29, 1.82) is 0 Å². The van der Waals surface area contributed by atoms with Crippen molar-refractivity contribution in [3.63, 3.8) is 0 Å². The van der Waals surface area contributed by atoms with Gasteiger partial charge in [0.2, 0.25) is 5.91 Å². The Bertz CT molecular complexity index is 1450. The summed E-state index contributed by atoms with van der Waals surface area (Å²) >= 11 is 1.18. The number of benzene rings is 2. The number of carbonyl (C=O) groups excluding carboxylic acids is 2. The number of urea groups is 1. The Hall–Kier alpha value is -3.81. The molecule has 1 aromatic heterocycles. The zero-order valence-corrected chi connectivity index (χ0v) is 23.2. The molecule has 3 amide bonds. The van der Waals surface area contributed by atoms with Crippen molar-refractivity contribution < 1.29 is 31.5 Å². The number of hydrogen-bond donors (Lipinski definition) is 1. The van der Waals surface area contributed by atoms with E-state index in [1.54, 1.807) is 24.3 Å². The van der Waals surface area contributed by atoms with Gasteiger partial charge in [0.15, 0.2) is 11.0 Å². The minimum atomic E-state index is -5.59. The summed E-state index contributed by atoms with van der Waals surface area (Å²) in [6, 6.07) is 11.6. The number of aromatic nitrogens is 3. The Labute approximate surface area is 237 Å². The van der Waals surface area contributed by atoms with Gasteiger partial charge in [-0.3, -0.25) is 14.4 Å². The highest BCUT2D eigenvalue weighted by molar-refractivity contribution is 8.15. The summed E-state index contributed by atoms with van der Waals surface area (Å²) in [6.07, 6.45) is -6.13. The van der Waals surface area contributed by atoms with Gasteiger partial charge in [-0.15, -0.1) is 0 Å². The van der Waals surface area contributed by atoms with E-state index in [1.165, 1.54) is 27.7 Å². The first kappa shape index (κ1) is 30.2. The van der Waals surface area contributed by atoms with Gasteiger partial charge in [0, 0.05) is 24.2 Å². The SMILES string of the molecule is Cc1ccc(C(C)C)c(N2C(=O)CSC2=NC(=O)Nc2ccc(-c3ncn(CCCC(F)(F)C(F)(F)F)n3)cc2)c1. The number of amidine groups is 1. The Kier molecular flexibility index (Phi) is 8.80. The number of thioether (sulfide) groups is 1. The molecule has 0 radical (unpaired) electrons. The Balaban J connectivity index is 1.40. The van der Waals surface area contributed by atoms with Crippen molar-refractivity contribution in [2.45, 2.75) is 58.2 Å². The van der Waals surface area contributed by atoms with Crippen LogP contribution in [0, 0.1) is 6.92 Å². The van der Waals surface area contributed by atoms with Gasteiger partial charge < -0.3 is 5.32 Å². The fraction of sp³-hybridized carbons (Fsp3) is 0.370. The lowest BCUT2D eigenvalue weighted by molar-refractivity contribution is -0.284. The van der Waals surface area contributed by atoms with E-state index in [4.69, 9.17) is 0 Å². The molecular formula is C27H27F5N6O2S. The third-order valence-corrected chi connectivity index (χ3v) is 7.16. The van der Waals surface area contributed by atoms with Crippen LogP contribution in [0.4, 0.5) is 38.1 Å². The van der Waals surface area contributed by atoms with Gasteiger partial charge in [-0.2, -0.15) is 32.0 Å². The van der Waals surface area contributed by atoms with Crippen LogP contribution in [0.25, 0.3) is 11.4 Å². The summed E-state index contributed by atoms with van der Waals surface area (Å²) in [5.74, 6) is -4.38. The van der Waals surface area contributed by atoms with Crippen LogP contribution < -0.4 is 10.2 Å². The first-order valence-electron chi connectivity index (χ1n) is 12.7. The van der Waals surface area contributed by atoms with Crippen LogP contribution in [-0.4, -0.2) is 49.7 Å². The number of nitrogens with zero attached hydrogens (tertiary/aromatic N) is 5. The molecule has 1 saturated heterocycles. The molecule has 41 heavy (non-hydrogen) atoms. The monoisotopic (exact) mass is 594 g/mol. The highest BCUT2D eigenvalue weighted by Gasteiger charge is 2.56. The minimum Gasteiger partial charge on any atom is -0.306 e. The van der Waals surface area contributed by atoms with Crippen LogP contribution in [0.2, 0.25) is 0 Å². The van der Waals surface area contributed by atoms with Gasteiger partial charge in [0.05, 0.1) is 11.4 Å². The van der Waals surface area contributed by atoms with E-state index in [9.17, 15) is 31.5 Å². The standard InChI is InChI=1S/C27H27F5N6O2S/c1-16(2)20-10-5-17(3)13-21(20)38-22(39)14-41-25(38)35-24(40)34-19-8-6-18(7-9-19)23-33-15-37(36-23)12-4-11-26(28,29)27(30,31)32/h5-10,13,15-16H,4,11-12,14H2,1-3H3,(H,34,40). The summed E-state index contributed by atoms with van der Waals surface area (Å²) in [5.41, 5.74) is 3.59. The predicted octanol–water partition coefficient (Wildman–Crippen LogP) is 7.02. The number of hydrogen-bond acceptors (Lipinski definition) is 5. The maximum Gasteiger partial charge on any atom is 0.453 e. The fourth-order valence-electron chi connectivity index (χ4n) is 4.10. The lowest BCUT2D eigenvalue weighted by atomic mass is 9.99. The number of alkyl halides is 5. The summed E-state index contributed by atoms with van der Waals surface area (Å²) < 4.78 is 64.3. The average molecular weight is 595 g/mol. The molecule has 2 aromatic carbocycles. The zero-order chi connectivity index (χ0) is 29.9. The van der Waals surface area contributed by atoms with E-state index < -0.39 is 31.0 Å². The number of aliphatic imine (C=N–C) groups is 1. The van der Waals surface area contributed by atoms with Gasteiger partial charge in [-0.1, -0.05) is 37.7 Å². The van der Waals surface area contributed by atoms with Crippen molar-refractivity contribution in [1.82, 2.24) is 14.8 Å². The highest BCUT2D eigenvalue weighted by Crippen LogP contribution is 2.39. The second-order valence-corrected chi connectivity index (χ2v) is 10.7. The normalized spacial score (nSPS) is 15.3. The second-order valence-electron chi connectivity index (χ2n) is 9.77. The predicted molar refractivity (Wildman–Crippen MR) is 147 cm³/mol. The number of rotatable bonds is 8. The third-order valence-electron chi connectivity index (χ3n) is 6.24. The fourth-order valence-corrected chi connectivity index (χ4v) is 4.96. The maximum absolute atomic E-state index is 13.1. The molecule has 1 fully saturated rings. The topological polar surface area (TPSA) is 92.5 Å². The molecule has 14 heteroatoms. The molecule has 0 bridgehead atoms. The second kappa shape index (κ2) is 12.0. The summed E-state index contributed by atoms with van der Waals surface area (Å²) in [4.78, 5) is 35.1. The van der Waals surface area contributed by atoms with Crippen molar-refractivity contribution in [2.24, 2.45) is 4.99 Å². The Morgan fingerprint density at radius 1 is 1.12 bits per heavy atom. The molecule has 1 aliphatic rings. The molecule has 0 saturated carbocycles. The number of nitrogens with one attached hydrogen (secondary N) is 1. The minimum absolute atomic E-state index is 0.151. The van der Waals surface area contributed by atoms with Crippen LogP contribution in [0.1, 0.15) is 43.7 Å². The summed E-state index contributed by atoms with van der Waals surface area (Å²) in [7, 11) is 0. The molecular weight excluding hydrogens is 567 g/mol. The maximum atomic E-state index is 13.1. The van der Waals surface area contributed by atoms with Crippen molar-refractivity contribution in [3.05, 3.63) is 59.9 Å². The largest absolute Gasteiger partial charge is 0.453 e. The molecule has 8 nitrogen and oxygen atoms in total. The smallest absolute Gasteiger partial charge is 0.306 e. The molecule has 0 atom stereocenters. The molecule has 1 N–H and O–H groups in total. The highest BCUT2D eigenvalue weighted by atomic mass is 32.2. The van der Waals surface area contributed by atoms with Gasteiger partial charge in [-0.05, 0) is 60.7 Å². The van der Waals surface area contributed by atoms with Crippen molar-refractivity contribution in [2.75, 3.05) is 16.0 Å². The van der Waals surface area contributed by atoms with Gasteiger partial charge >= 0.3 is 18.1 Å².